The zero-order valence-electron chi connectivity index (χ0n) is 10.2. The van der Waals surface area contributed by atoms with Crippen LogP contribution in [0.2, 0.25) is 0 Å². The van der Waals surface area contributed by atoms with Crippen LogP contribution in [0, 0.1) is 0 Å². The van der Waals surface area contributed by atoms with Crippen LogP contribution in [-0.4, -0.2) is 14.5 Å². The predicted molar refractivity (Wildman–Crippen MR) is 74.0 cm³/mol. The van der Waals surface area contributed by atoms with Crippen LogP contribution in [0.5, 0.6) is 0 Å². The molecular weight excluding hydrogens is 244 g/mol. The number of imidazole rings is 1. The Hall–Kier alpha value is -2.76. The second-order valence-corrected chi connectivity index (χ2v) is 4.41. The van der Waals surface area contributed by atoms with Gasteiger partial charge in [0.15, 0.2) is 0 Å². The molecule has 0 spiro atoms. The van der Waals surface area contributed by atoms with Crippen molar-refractivity contribution in [2.75, 3.05) is 5.73 Å². The maximum Gasteiger partial charge on any atom is 0.323 e. The van der Waals surface area contributed by atoms with Gasteiger partial charge < -0.3 is 15.7 Å². The summed E-state index contributed by atoms with van der Waals surface area (Å²) in [5.41, 5.74) is 8.33. The number of benzene rings is 1. The summed E-state index contributed by atoms with van der Waals surface area (Å²) < 4.78 is 1.38. The van der Waals surface area contributed by atoms with Crippen LogP contribution in [-0.2, 0) is 7.05 Å². The van der Waals surface area contributed by atoms with Crippen molar-refractivity contribution < 1.29 is 0 Å². The van der Waals surface area contributed by atoms with E-state index < -0.39 is 0 Å². The van der Waals surface area contributed by atoms with Gasteiger partial charge in [0.2, 0.25) is 0 Å². The molecule has 0 fully saturated rings. The number of H-pyrrole nitrogens is 2. The van der Waals surface area contributed by atoms with Crippen molar-refractivity contribution >= 4 is 16.9 Å². The Bertz CT molecular complexity index is 886. The van der Waals surface area contributed by atoms with Gasteiger partial charge in [-0.05, 0) is 29.3 Å². The van der Waals surface area contributed by atoms with Gasteiger partial charge in [0.1, 0.15) is 5.82 Å². The molecule has 4 N–H and O–H groups in total. The van der Waals surface area contributed by atoms with Gasteiger partial charge in [-0.2, -0.15) is 0 Å². The largest absolute Gasteiger partial charge is 0.385 e. The minimum Gasteiger partial charge on any atom is -0.385 e. The quantitative estimate of drug-likeness (QED) is 0.601. The molecule has 96 valence electrons. The summed E-state index contributed by atoms with van der Waals surface area (Å²) >= 11 is 0. The third kappa shape index (κ3) is 1.83. The van der Waals surface area contributed by atoms with Crippen molar-refractivity contribution in [3.05, 3.63) is 51.2 Å². The summed E-state index contributed by atoms with van der Waals surface area (Å²) in [6.07, 6.45) is 0. The highest BCUT2D eigenvalue weighted by Gasteiger charge is 2.05. The number of pyridine rings is 1. The molecule has 0 bridgehead atoms. The fourth-order valence-electron chi connectivity index (χ4n) is 2.03. The number of aromatic amines is 2. The number of hydrogen-bond acceptors (Lipinski definition) is 3. The van der Waals surface area contributed by atoms with Crippen LogP contribution in [0.25, 0.3) is 22.2 Å². The fraction of sp³-hybridized carbons (Fsp3) is 0.0769. The maximum absolute atomic E-state index is 11.7. The number of hydrogen-bond donors (Lipinski definition) is 3. The number of rotatable bonds is 1. The Labute approximate surface area is 107 Å². The van der Waals surface area contributed by atoms with Crippen LogP contribution in [0.15, 0.2) is 39.9 Å². The molecule has 0 unspecified atom stereocenters. The molecule has 0 aliphatic carbocycles. The first kappa shape index (κ1) is 11.3. The summed E-state index contributed by atoms with van der Waals surface area (Å²) in [7, 11) is 1.62. The molecule has 3 aromatic rings. The minimum absolute atomic E-state index is 0.169. The summed E-state index contributed by atoms with van der Waals surface area (Å²) in [6, 6.07) is 8.67. The summed E-state index contributed by atoms with van der Waals surface area (Å²) in [5.74, 6) is 0.394. The second-order valence-electron chi connectivity index (χ2n) is 4.41. The third-order valence-corrected chi connectivity index (χ3v) is 3.15. The van der Waals surface area contributed by atoms with E-state index in [1.54, 1.807) is 25.2 Å². The van der Waals surface area contributed by atoms with Crippen molar-refractivity contribution in [1.82, 2.24) is 14.5 Å². The van der Waals surface area contributed by atoms with E-state index in [9.17, 15) is 9.59 Å². The topological polar surface area (TPSA) is 96.7 Å². The first-order valence-electron chi connectivity index (χ1n) is 5.73. The van der Waals surface area contributed by atoms with Gasteiger partial charge in [-0.1, -0.05) is 6.07 Å². The van der Waals surface area contributed by atoms with Crippen LogP contribution in [0.3, 0.4) is 0 Å². The lowest BCUT2D eigenvalue weighted by molar-refractivity contribution is 0.876. The van der Waals surface area contributed by atoms with E-state index >= 15 is 0 Å². The molecule has 0 atom stereocenters. The van der Waals surface area contributed by atoms with Crippen molar-refractivity contribution in [2.45, 2.75) is 0 Å². The molecule has 0 amide bonds. The molecular formula is C13H12N4O2. The Morgan fingerprint density at radius 3 is 2.47 bits per heavy atom. The van der Waals surface area contributed by atoms with E-state index in [2.05, 4.69) is 9.97 Å². The smallest absolute Gasteiger partial charge is 0.323 e. The first-order valence-corrected chi connectivity index (χ1v) is 5.73. The highest BCUT2D eigenvalue weighted by molar-refractivity contribution is 5.81. The van der Waals surface area contributed by atoms with Gasteiger partial charge in [-0.25, -0.2) is 4.79 Å². The molecule has 0 saturated carbocycles. The van der Waals surface area contributed by atoms with E-state index in [1.807, 2.05) is 6.07 Å². The number of nitrogens with zero attached hydrogens (tertiary/aromatic N) is 1. The Morgan fingerprint density at radius 1 is 1.00 bits per heavy atom. The number of nitrogen functional groups attached to an aromatic ring is 1. The number of fused-ring (bicyclic) bond motifs is 1. The van der Waals surface area contributed by atoms with Crippen LogP contribution < -0.4 is 17.0 Å². The highest BCUT2D eigenvalue weighted by atomic mass is 16.1. The predicted octanol–water partition coefficient (Wildman–Crippen LogP) is 0.804. The molecule has 2 aromatic heterocycles. The number of aromatic nitrogens is 3. The molecule has 0 aliphatic heterocycles. The molecule has 1 aromatic carbocycles. The van der Waals surface area contributed by atoms with Gasteiger partial charge in [-0.15, -0.1) is 0 Å². The molecule has 19 heavy (non-hydrogen) atoms. The monoisotopic (exact) mass is 256 g/mol. The van der Waals surface area contributed by atoms with Crippen LogP contribution in [0.1, 0.15) is 0 Å². The summed E-state index contributed by atoms with van der Waals surface area (Å²) in [5, 5.41) is 0. The standard InChI is InChI=1S/C13H12N4O2/c1-17-11(14)5-8(6-12(17)18)7-2-3-9-10(4-7)16-13(19)15-9/h2-6H,14H2,1H3,(H2,15,16,19). The van der Waals surface area contributed by atoms with Crippen molar-refractivity contribution in [2.24, 2.45) is 7.05 Å². The lowest BCUT2D eigenvalue weighted by Crippen LogP contribution is -2.18. The van der Waals surface area contributed by atoms with Gasteiger partial charge in [0, 0.05) is 13.1 Å². The average molecular weight is 256 g/mol. The first-order chi connectivity index (χ1) is 9.04. The number of nitrogens with one attached hydrogen (secondary N) is 2. The zero-order chi connectivity index (χ0) is 13.6. The van der Waals surface area contributed by atoms with E-state index in [-0.39, 0.29) is 11.2 Å². The van der Waals surface area contributed by atoms with Crippen molar-refractivity contribution in [3.8, 4) is 11.1 Å². The van der Waals surface area contributed by atoms with Gasteiger partial charge in [0.25, 0.3) is 5.56 Å². The van der Waals surface area contributed by atoms with Crippen LogP contribution in [0.4, 0.5) is 5.82 Å². The van der Waals surface area contributed by atoms with Gasteiger partial charge in [0.05, 0.1) is 11.0 Å². The molecule has 3 rings (SSSR count). The van der Waals surface area contributed by atoms with E-state index in [1.165, 1.54) is 10.6 Å². The molecule has 6 nitrogen and oxygen atoms in total. The van der Waals surface area contributed by atoms with Crippen molar-refractivity contribution in [3.63, 3.8) is 0 Å². The molecule has 0 radical (unpaired) electrons. The van der Waals surface area contributed by atoms with Gasteiger partial charge >= 0.3 is 5.69 Å². The zero-order valence-corrected chi connectivity index (χ0v) is 10.2. The molecule has 2 heterocycles. The number of nitrogens with two attached hydrogens (primary N) is 1. The molecule has 0 saturated heterocycles. The van der Waals surface area contributed by atoms with E-state index in [0.717, 1.165) is 16.6 Å². The fourth-order valence-corrected chi connectivity index (χ4v) is 2.03. The summed E-state index contributed by atoms with van der Waals surface area (Å²) in [6.45, 7) is 0. The van der Waals surface area contributed by atoms with E-state index in [4.69, 9.17) is 5.73 Å². The number of anilines is 1. The Balaban J connectivity index is 2.23. The highest BCUT2D eigenvalue weighted by Crippen LogP contribution is 2.22. The van der Waals surface area contributed by atoms with Crippen LogP contribution >= 0.6 is 0 Å². The Morgan fingerprint density at radius 2 is 1.74 bits per heavy atom. The molecule has 0 aliphatic rings. The van der Waals surface area contributed by atoms with Crippen molar-refractivity contribution in [1.29, 1.82) is 0 Å². The lowest BCUT2D eigenvalue weighted by atomic mass is 10.1. The average Bonchev–Trinajstić information content (AvgIpc) is 2.74. The molecule has 6 heteroatoms. The van der Waals surface area contributed by atoms with Gasteiger partial charge in [-0.3, -0.25) is 9.36 Å². The minimum atomic E-state index is -0.254. The maximum atomic E-state index is 11.7. The summed E-state index contributed by atoms with van der Waals surface area (Å²) in [4.78, 5) is 28.3. The normalized spacial score (nSPS) is 11.0. The lowest BCUT2D eigenvalue weighted by Gasteiger charge is -2.06. The Kier molecular flexibility index (Phi) is 2.31. The SMILES string of the molecule is Cn1c(N)cc(-c2ccc3[nH]c(=O)[nH]c3c2)cc1=O. The third-order valence-electron chi connectivity index (χ3n) is 3.15. The van der Waals surface area contributed by atoms with E-state index in [0.29, 0.717) is 11.3 Å². The second kappa shape index (κ2) is 3.88.